The van der Waals surface area contributed by atoms with Crippen LogP contribution in [0.3, 0.4) is 0 Å². The van der Waals surface area contributed by atoms with Crippen LogP contribution in [0.2, 0.25) is 0 Å². The van der Waals surface area contributed by atoms with Gasteiger partial charge in [-0.2, -0.15) is 0 Å². The third-order valence-corrected chi connectivity index (χ3v) is 5.40. The second-order valence-corrected chi connectivity index (χ2v) is 7.07. The molecule has 0 N–H and O–H groups in total. The first-order valence-electron chi connectivity index (χ1n) is 9.44. The van der Waals surface area contributed by atoms with Crippen LogP contribution in [-0.2, 0) is 11.3 Å². The fraction of sp³-hybridized carbons (Fsp3) is 0.364. The van der Waals surface area contributed by atoms with E-state index in [2.05, 4.69) is 11.1 Å². The largest absolute Gasteiger partial charge is 0.496 e. The number of hydrogen-bond donors (Lipinski definition) is 0. The monoisotopic (exact) mass is 364 g/mol. The van der Waals surface area contributed by atoms with Gasteiger partial charge >= 0.3 is 6.09 Å². The highest BCUT2D eigenvalue weighted by Gasteiger charge is 2.38. The van der Waals surface area contributed by atoms with E-state index in [-0.39, 0.29) is 18.2 Å². The molecule has 1 aromatic carbocycles. The number of carbonyl (C=O) groups is 1. The summed E-state index contributed by atoms with van der Waals surface area (Å²) in [6.07, 6.45) is 9.45. The van der Waals surface area contributed by atoms with E-state index in [4.69, 9.17) is 9.47 Å². The van der Waals surface area contributed by atoms with Crippen LogP contribution in [0.15, 0.2) is 54.9 Å². The first-order valence-corrected chi connectivity index (χ1v) is 9.44. The van der Waals surface area contributed by atoms with Crippen LogP contribution in [-0.4, -0.2) is 35.2 Å². The zero-order chi connectivity index (χ0) is 18.6. The Balaban J connectivity index is 1.52. The average molecular weight is 364 g/mol. The number of carbonyl (C=O) groups excluding carboxylic acids is 1. The number of ether oxygens (including phenoxy) is 2. The topological polar surface area (TPSA) is 51.7 Å². The van der Waals surface area contributed by atoms with E-state index < -0.39 is 0 Å². The number of pyridine rings is 1. The Bertz CT molecular complexity index is 834. The number of fused-ring (bicyclic) bond motifs is 2. The predicted octanol–water partition coefficient (Wildman–Crippen LogP) is 4.44. The van der Waals surface area contributed by atoms with Gasteiger partial charge < -0.3 is 9.47 Å². The van der Waals surface area contributed by atoms with Gasteiger partial charge in [0.25, 0.3) is 0 Å². The summed E-state index contributed by atoms with van der Waals surface area (Å²) < 4.78 is 11.1. The quantitative estimate of drug-likeness (QED) is 0.805. The number of rotatable bonds is 4. The number of nitrogens with zero attached hydrogens (tertiary/aromatic N) is 2. The minimum Gasteiger partial charge on any atom is -0.496 e. The van der Waals surface area contributed by atoms with Gasteiger partial charge in [-0.3, -0.25) is 9.88 Å². The van der Waals surface area contributed by atoms with Crippen molar-refractivity contribution < 1.29 is 14.3 Å². The maximum Gasteiger partial charge on any atom is 0.410 e. The smallest absolute Gasteiger partial charge is 0.410 e. The third kappa shape index (κ3) is 3.68. The molecule has 2 bridgehead atoms. The summed E-state index contributed by atoms with van der Waals surface area (Å²) in [4.78, 5) is 19.0. The van der Waals surface area contributed by atoms with E-state index in [1.807, 2.05) is 47.5 Å². The van der Waals surface area contributed by atoms with Crippen LogP contribution in [0.4, 0.5) is 4.79 Å². The molecule has 0 saturated carbocycles. The second kappa shape index (κ2) is 7.82. The maximum atomic E-state index is 12.8. The van der Waals surface area contributed by atoms with E-state index in [9.17, 15) is 4.79 Å². The van der Waals surface area contributed by atoms with E-state index in [1.165, 1.54) is 5.57 Å². The number of hydrogen-bond acceptors (Lipinski definition) is 4. The molecule has 2 unspecified atom stereocenters. The second-order valence-electron chi connectivity index (χ2n) is 7.07. The van der Waals surface area contributed by atoms with Gasteiger partial charge in [0.15, 0.2) is 0 Å². The Morgan fingerprint density at radius 3 is 2.85 bits per heavy atom. The van der Waals surface area contributed by atoms with Gasteiger partial charge in [-0.15, -0.1) is 0 Å². The molecule has 2 aromatic rings. The summed E-state index contributed by atoms with van der Waals surface area (Å²) in [6.45, 7) is 0.308. The predicted molar refractivity (Wildman–Crippen MR) is 103 cm³/mol. The fourth-order valence-electron chi connectivity index (χ4n) is 4.11. The highest BCUT2D eigenvalue weighted by atomic mass is 16.6. The molecule has 0 radical (unpaired) electrons. The molecular formula is C22H24N2O3. The molecule has 1 amide bonds. The first-order chi connectivity index (χ1) is 13.3. The molecule has 1 aromatic heterocycles. The highest BCUT2D eigenvalue weighted by Crippen LogP contribution is 2.39. The SMILES string of the molecule is COc1ccncc1C1=CC2CCCC(C1)N2C(=O)OCc1ccccc1. The molecule has 4 rings (SSSR count). The van der Waals surface area contributed by atoms with Crippen molar-refractivity contribution in [2.75, 3.05) is 7.11 Å². The van der Waals surface area contributed by atoms with Crippen LogP contribution in [0.5, 0.6) is 5.75 Å². The van der Waals surface area contributed by atoms with Crippen molar-refractivity contribution in [2.24, 2.45) is 0 Å². The van der Waals surface area contributed by atoms with Crippen molar-refractivity contribution in [3.63, 3.8) is 0 Å². The van der Waals surface area contributed by atoms with Crippen LogP contribution >= 0.6 is 0 Å². The molecule has 0 spiro atoms. The number of piperidine rings is 1. The van der Waals surface area contributed by atoms with Crippen molar-refractivity contribution >= 4 is 11.7 Å². The van der Waals surface area contributed by atoms with E-state index in [0.29, 0.717) is 6.61 Å². The molecule has 5 heteroatoms. The molecule has 0 aliphatic carbocycles. The van der Waals surface area contributed by atoms with Gasteiger partial charge in [0.2, 0.25) is 0 Å². The van der Waals surface area contributed by atoms with E-state index >= 15 is 0 Å². The molecule has 2 atom stereocenters. The lowest BCUT2D eigenvalue weighted by Gasteiger charge is -2.44. The zero-order valence-electron chi connectivity index (χ0n) is 15.5. The van der Waals surface area contributed by atoms with Crippen LogP contribution < -0.4 is 4.74 Å². The number of methoxy groups -OCH3 is 1. The van der Waals surface area contributed by atoms with Gasteiger partial charge in [0.1, 0.15) is 12.4 Å². The molecular weight excluding hydrogens is 340 g/mol. The maximum absolute atomic E-state index is 12.8. The van der Waals surface area contributed by atoms with Crippen molar-refractivity contribution in [3.05, 3.63) is 66.0 Å². The van der Waals surface area contributed by atoms with Crippen LogP contribution in [0, 0.1) is 0 Å². The van der Waals surface area contributed by atoms with Crippen molar-refractivity contribution in [1.82, 2.24) is 9.88 Å². The normalized spacial score (nSPS) is 21.4. The number of aromatic nitrogens is 1. The molecule has 27 heavy (non-hydrogen) atoms. The first kappa shape index (κ1) is 17.6. The minimum atomic E-state index is -0.220. The summed E-state index contributed by atoms with van der Waals surface area (Å²) in [6, 6.07) is 11.9. The number of benzene rings is 1. The summed E-state index contributed by atoms with van der Waals surface area (Å²) in [5, 5.41) is 0. The molecule has 2 aliphatic heterocycles. The summed E-state index contributed by atoms with van der Waals surface area (Å²) >= 11 is 0. The molecule has 1 saturated heterocycles. The molecule has 5 nitrogen and oxygen atoms in total. The minimum absolute atomic E-state index is 0.0701. The van der Waals surface area contributed by atoms with Gasteiger partial charge in [0.05, 0.1) is 13.2 Å². The molecule has 140 valence electrons. The Kier molecular flexibility index (Phi) is 5.10. The Morgan fingerprint density at radius 1 is 1.22 bits per heavy atom. The third-order valence-electron chi connectivity index (χ3n) is 5.40. The Morgan fingerprint density at radius 2 is 2.07 bits per heavy atom. The molecule has 3 heterocycles. The van der Waals surface area contributed by atoms with Gasteiger partial charge in [0, 0.05) is 24.0 Å². The standard InChI is InChI=1S/C22H24N2O3/c1-26-21-10-11-23-14-20(21)17-12-18-8-5-9-19(13-17)24(18)22(25)27-15-16-6-3-2-4-7-16/h2-4,6-7,10-12,14,18-19H,5,8-9,13,15H2,1H3. The summed E-state index contributed by atoms with van der Waals surface area (Å²) in [5.41, 5.74) is 3.24. The lowest BCUT2D eigenvalue weighted by Crippen LogP contribution is -2.51. The van der Waals surface area contributed by atoms with Gasteiger partial charge in [-0.1, -0.05) is 36.4 Å². The lowest BCUT2D eigenvalue weighted by atomic mass is 9.83. The van der Waals surface area contributed by atoms with Crippen LogP contribution in [0.1, 0.15) is 36.8 Å². The highest BCUT2D eigenvalue weighted by molar-refractivity contribution is 5.76. The van der Waals surface area contributed by atoms with Crippen LogP contribution in [0.25, 0.3) is 5.57 Å². The summed E-state index contributed by atoms with van der Waals surface area (Å²) in [5.74, 6) is 0.828. The molecule has 1 fully saturated rings. The van der Waals surface area contributed by atoms with Crippen molar-refractivity contribution in [2.45, 2.75) is 44.4 Å². The summed E-state index contributed by atoms with van der Waals surface area (Å²) in [7, 11) is 1.68. The molecule has 2 aliphatic rings. The van der Waals surface area contributed by atoms with Gasteiger partial charge in [-0.05, 0) is 42.9 Å². The van der Waals surface area contributed by atoms with Gasteiger partial charge in [-0.25, -0.2) is 4.79 Å². The zero-order valence-corrected chi connectivity index (χ0v) is 15.5. The number of amides is 1. The Labute approximate surface area is 159 Å². The fourth-order valence-corrected chi connectivity index (χ4v) is 4.11. The van der Waals surface area contributed by atoms with Crippen molar-refractivity contribution in [3.8, 4) is 5.75 Å². The van der Waals surface area contributed by atoms with E-state index in [1.54, 1.807) is 13.3 Å². The lowest BCUT2D eigenvalue weighted by molar-refractivity contribution is 0.0510. The average Bonchev–Trinajstić information content (AvgIpc) is 2.71. The van der Waals surface area contributed by atoms with E-state index in [0.717, 1.165) is 42.6 Å². The Hall–Kier alpha value is -2.82. The van der Waals surface area contributed by atoms with Crippen molar-refractivity contribution in [1.29, 1.82) is 0 Å².